The number of amides is 1. The zero-order chi connectivity index (χ0) is 8.43. The van der Waals surface area contributed by atoms with E-state index in [0.717, 1.165) is 5.92 Å². The van der Waals surface area contributed by atoms with Gasteiger partial charge in [0.1, 0.15) is 0 Å². The Bertz CT molecular complexity index is 160. The molecule has 64 valence electrons. The van der Waals surface area contributed by atoms with Gasteiger partial charge in [0.05, 0.1) is 6.04 Å². The van der Waals surface area contributed by atoms with Gasteiger partial charge < -0.3 is 5.73 Å². The largest absolute Gasteiger partial charge is 0.368 e. The number of hydrazine groups is 1. The fourth-order valence-corrected chi connectivity index (χ4v) is 0.826. The maximum atomic E-state index is 10.5. The van der Waals surface area contributed by atoms with Gasteiger partial charge in [-0.25, -0.2) is 5.43 Å². The average Bonchev–Trinajstić information content (AvgIpc) is 2.61. The molecule has 0 radical (unpaired) electrons. The van der Waals surface area contributed by atoms with Gasteiger partial charge in [-0.2, -0.15) is 0 Å². The number of primary amides is 1. The maximum absolute atomic E-state index is 10.5. The van der Waals surface area contributed by atoms with Crippen LogP contribution in [0, 0.1) is 5.92 Å². The highest BCUT2D eigenvalue weighted by molar-refractivity contribution is 5.79. The highest BCUT2D eigenvalue weighted by Crippen LogP contribution is 2.28. The Kier molecular flexibility index (Phi) is 2.46. The Balaban J connectivity index is 2.07. The van der Waals surface area contributed by atoms with E-state index in [1.54, 1.807) is 6.92 Å². The molecule has 0 spiro atoms. The SMILES string of the molecule is CC(NNC1CC1C)C(N)=O. The van der Waals surface area contributed by atoms with Crippen molar-refractivity contribution in [2.24, 2.45) is 11.7 Å². The Morgan fingerprint density at radius 1 is 1.73 bits per heavy atom. The molecule has 0 bridgehead atoms. The molecule has 0 aromatic heterocycles. The molecule has 3 unspecified atom stereocenters. The van der Waals surface area contributed by atoms with E-state index in [2.05, 4.69) is 17.8 Å². The first-order valence-corrected chi connectivity index (χ1v) is 3.91. The molecule has 1 aliphatic rings. The van der Waals surface area contributed by atoms with Crippen molar-refractivity contribution >= 4 is 5.91 Å². The zero-order valence-electron chi connectivity index (χ0n) is 6.92. The minimum absolute atomic E-state index is 0.289. The molecular formula is C7H15N3O. The normalized spacial score (nSPS) is 31.5. The molecule has 1 fully saturated rings. The van der Waals surface area contributed by atoms with Gasteiger partial charge in [0.15, 0.2) is 0 Å². The van der Waals surface area contributed by atoms with Crippen LogP contribution in [0.1, 0.15) is 20.3 Å². The topological polar surface area (TPSA) is 67.2 Å². The van der Waals surface area contributed by atoms with Crippen molar-refractivity contribution in [1.29, 1.82) is 0 Å². The first kappa shape index (κ1) is 8.49. The van der Waals surface area contributed by atoms with Gasteiger partial charge >= 0.3 is 0 Å². The van der Waals surface area contributed by atoms with Crippen LogP contribution in [-0.2, 0) is 4.79 Å². The van der Waals surface area contributed by atoms with Crippen LogP contribution in [0.25, 0.3) is 0 Å². The molecule has 0 heterocycles. The lowest BCUT2D eigenvalue weighted by Crippen LogP contribution is -2.47. The molecule has 1 aliphatic carbocycles. The summed E-state index contributed by atoms with van der Waals surface area (Å²) in [6.07, 6.45) is 1.18. The molecule has 1 rings (SSSR count). The maximum Gasteiger partial charge on any atom is 0.235 e. The molecule has 4 heteroatoms. The molecule has 1 saturated carbocycles. The van der Waals surface area contributed by atoms with Crippen LogP contribution in [0.5, 0.6) is 0 Å². The van der Waals surface area contributed by atoms with Crippen molar-refractivity contribution in [2.75, 3.05) is 0 Å². The number of carbonyl (C=O) groups is 1. The Morgan fingerprint density at radius 2 is 2.27 bits per heavy atom. The Hall–Kier alpha value is -0.610. The summed E-state index contributed by atoms with van der Waals surface area (Å²) >= 11 is 0. The van der Waals surface area contributed by atoms with E-state index < -0.39 is 0 Å². The number of hydrogen-bond donors (Lipinski definition) is 3. The third kappa shape index (κ3) is 2.48. The lowest BCUT2D eigenvalue weighted by atomic mass is 10.3. The van der Waals surface area contributed by atoms with Gasteiger partial charge in [0.2, 0.25) is 5.91 Å². The minimum atomic E-state index is -0.328. The highest BCUT2D eigenvalue weighted by atomic mass is 16.1. The minimum Gasteiger partial charge on any atom is -0.368 e. The van der Waals surface area contributed by atoms with Gasteiger partial charge in [0, 0.05) is 6.04 Å². The number of nitrogens with two attached hydrogens (primary N) is 1. The van der Waals surface area contributed by atoms with Crippen LogP contribution < -0.4 is 16.6 Å². The highest BCUT2D eigenvalue weighted by Gasteiger charge is 2.32. The second-order valence-electron chi connectivity index (χ2n) is 3.23. The van der Waals surface area contributed by atoms with Crippen LogP contribution in [-0.4, -0.2) is 18.0 Å². The Labute approximate surface area is 66.5 Å². The third-order valence-electron chi connectivity index (χ3n) is 2.02. The second-order valence-corrected chi connectivity index (χ2v) is 3.23. The Morgan fingerprint density at radius 3 is 2.64 bits per heavy atom. The van der Waals surface area contributed by atoms with Gasteiger partial charge in [-0.15, -0.1) is 0 Å². The van der Waals surface area contributed by atoms with Crippen molar-refractivity contribution < 1.29 is 4.79 Å². The molecule has 11 heavy (non-hydrogen) atoms. The average molecular weight is 157 g/mol. The quantitative estimate of drug-likeness (QED) is 0.476. The van der Waals surface area contributed by atoms with Crippen LogP contribution in [0.4, 0.5) is 0 Å². The lowest BCUT2D eigenvalue weighted by molar-refractivity contribution is -0.119. The summed E-state index contributed by atoms with van der Waals surface area (Å²) in [5, 5.41) is 0. The molecule has 4 N–H and O–H groups in total. The molecular weight excluding hydrogens is 142 g/mol. The number of carbonyl (C=O) groups excluding carboxylic acids is 1. The molecule has 0 saturated heterocycles. The summed E-state index contributed by atoms with van der Waals surface area (Å²) < 4.78 is 0. The monoisotopic (exact) mass is 157 g/mol. The number of nitrogens with one attached hydrogen (secondary N) is 2. The second kappa shape index (κ2) is 3.19. The predicted octanol–water partition coefficient (Wildman–Crippen LogP) is -0.637. The van der Waals surface area contributed by atoms with Crippen molar-refractivity contribution in [3.8, 4) is 0 Å². The van der Waals surface area contributed by atoms with Crippen LogP contribution >= 0.6 is 0 Å². The predicted molar refractivity (Wildman–Crippen MR) is 42.5 cm³/mol. The van der Waals surface area contributed by atoms with Crippen molar-refractivity contribution in [3.05, 3.63) is 0 Å². The van der Waals surface area contributed by atoms with Crippen molar-refractivity contribution in [1.82, 2.24) is 10.9 Å². The van der Waals surface area contributed by atoms with E-state index in [9.17, 15) is 4.79 Å². The van der Waals surface area contributed by atoms with Gasteiger partial charge in [-0.1, -0.05) is 6.92 Å². The summed E-state index contributed by atoms with van der Waals surface area (Å²) in [4.78, 5) is 10.5. The summed E-state index contributed by atoms with van der Waals surface area (Å²) in [5.74, 6) is 0.397. The number of rotatable bonds is 4. The van der Waals surface area contributed by atoms with E-state index in [0.29, 0.717) is 6.04 Å². The standard InChI is InChI=1S/C7H15N3O/c1-4-3-6(4)10-9-5(2)7(8)11/h4-6,9-10H,3H2,1-2H3,(H2,8,11). The van der Waals surface area contributed by atoms with Gasteiger partial charge in [-0.3, -0.25) is 10.2 Å². The summed E-state index contributed by atoms with van der Waals surface area (Å²) in [6.45, 7) is 3.90. The molecule has 0 aromatic rings. The third-order valence-corrected chi connectivity index (χ3v) is 2.02. The zero-order valence-corrected chi connectivity index (χ0v) is 6.92. The first-order chi connectivity index (χ1) is 5.11. The first-order valence-electron chi connectivity index (χ1n) is 3.91. The van der Waals surface area contributed by atoms with Crippen LogP contribution in [0.2, 0.25) is 0 Å². The fraction of sp³-hybridized carbons (Fsp3) is 0.857. The van der Waals surface area contributed by atoms with E-state index >= 15 is 0 Å². The van der Waals surface area contributed by atoms with E-state index in [1.807, 2.05) is 0 Å². The lowest BCUT2D eigenvalue weighted by Gasteiger charge is -2.10. The summed E-state index contributed by atoms with van der Waals surface area (Å²) in [5.41, 5.74) is 10.9. The summed E-state index contributed by atoms with van der Waals surface area (Å²) in [6, 6.07) is 0.236. The summed E-state index contributed by atoms with van der Waals surface area (Å²) in [7, 11) is 0. The van der Waals surface area contributed by atoms with E-state index in [1.165, 1.54) is 6.42 Å². The molecule has 3 atom stereocenters. The smallest absolute Gasteiger partial charge is 0.235 e. The molecule has 0 aromatic carbocycles. The molecule has 1 amide bonds. The number of hydrogen-bond acceptors (Lipinski definition) is 3. The molecule has 4 nitrogen and oxygen atoms in total. The van der Waals surface area contributed by atoms with Gasteiger partial charge in [0.25, 0.3) is 0 Å². The van der Waals surface area contributed by atoms with Crippen molar-refractivity contribution in [2.45, 2.75) is 32.4 Å². The van der Waals surface area contributed by atoms with Crippen LogP contribution in [0.15, 0.2) is 0 Å². The van der Waals surface area contributed by atoms with E-state index in [4.69, 9.17) is 5.73 Å². The fourth-order valence-electron chi connectivity index (χ4n) is 0.826. The molecule has 0 aliphatic heterocycles. The van der Waals surface area contributed by atoms with Gasteiger partial charge in [-0.05, 0) is 19.3 Å². The van der Waals surface area contributed by atoms with E-state index in [-0.39, 0.29) is 11.9 Å². The van der Waals surface area contributed by atoms with Crippen molar-refractivity contribution in [3.63, 3.8) is 0 Å². The van der Waals surface area contributed by atoms with Crippen LogP contribution in [0.3, 0.4) is 0 Å².